The number of benzene rings is 1. The largest absolute Gasteiger partial charge is 0.463 e. The zero-order valence-electron chi connectivity index (χ0n) is 14.8. The molecular weight excluding hydrogens is 306 g/mol. The van der Waals surface area contributed by atoms with Crippen LogP contribution in [0.1, 0.15) is 44.4 Å². The van der Waals surface area contributed by atoms with Crippen molar-refractivity contribution in [2.24, 2.45) is 0 Å². The van der Waals surface area contributed by atoms with Gasteiger partial charge in [0.2, 0.25) is 0 Å². The van der Waals surface area contributed by atoms with Gasteiger partial charge in [0, 0.05) is 19.2 Å². The second-order valence-corrected chi connectivity index (χ2v) is 6.77. The van der Waals surface area contributed by atoms with Crippen LogP contribution in [0.4, 0.5) is 4.79 Å². The van der Waals surface area contributed by atoms with Gasteiger partial charge in [-0.3, -0.25) is 0 Å². The first-order valence-electron chi connectivity index (χ1n) is 8.23. The molecule has 0 saturated carbocycles. The highest BCUT2D eigenvalue weighted by molar-refractivity contribution is 5.87. The van der Waals surface area contributed by atoms with Gasteiger partial charge in [-0.2, -0.15) is 0 Å². The molecule has 1 aliphatic rings. The van der Waals surface area contributed by atoms with Gasteiger partial charge in [-0.1, -0.05) is 18.2 Å². The number of hydrogen-bond acceptors (Lipinski definition) is 4. The van der Waals surface area contributed by atoms with E-state index in [4.69, 9.17) is 9.47 Å². The fourth-order valence-corrected chi connectivity index (χ4v) is 2.51. The van der Waals surface area contributed by atoms with Crippen molar-refractivity contribution in [3.05, 3.63) is 41.0 Å². The van der Waals surface area contributed by atoms with Crippen molar-refractivity contribution in [2.75, 3.05) is 13.2 Å². The lowest BCUT2D eigenvalue weighted by Gasteiger charge is -2.31. The summed E-state index contributed by atoms with van der Waals surface area (Å²) in [6.07, 6.45) is 3.68. The normalized spacial score (nSPS) is 14.4. The van der Waals surface area contributed by atoms with Crippen molar-refractivity contribution >= 4 is 18.1 Å². The molecular formula is C19H25NO4. The lowest BCUT2D eigenvalue weighted by atomic mass is 9.97. The highest BCUT2D eigenvalue weighted by Gasteiger charge is 2.25. The third-order valence-corrected chi connectivity index (χ3v) is 3.59. The van der Waals surface area contributed by atoms with Crippen LogP contribution in [0, 0.1) is 0 Å². The Bertz CT molecular complexity index is 643. The Morgan fingerprint density at radius 1 is 1.25 bits per heavy atom. The van der Waals surface area contributed by atoms with E-state index in [1.807, 2.05) is 32.9 Å². The topological polar surface area (TPSA) is 55.8 Å². The number of carbonyl (C=O) groups is 2. The van der Waals surface area contributed by atoms with Gasteiger partial charge in [-0.25, -0.2) is 9.59 Å². The maximum Gasteiger partial charge on any atom is 0.410 e. The summed E-state index contributed by atoms with van der Waals surface area (Å²) in [5, 5.41) is 0. The van der Waals surface area contributed by atoms with Gasteiger partial charge in [-0.05, 0) is 56.9 Å². The SMILES string of the molecule is CCOC(=O)C=Cc1ccc2c(c1)CCN(C(=O)OC(C)(C)C)C2. The third-order valence-electron chi connectivity index (χ3n) is 3.59. The Balaban J connectivity index is 2.04. The fraction of sp³-hybridized carbons (Fsp3) is 0.474. The molecule has 0 fully saturated rings. The molecule has 0 aliphatic carbocycles. The van der Waals surface area contributed by atoms with E-state index >= 15 is 0 Å². The van der Waals surface area contributed by atoms with Crippen molar-refractivity contribution in [1.29, 1.82) is 0 Å². The molecule has 130 valence electrons. The summed E-state index contributed by atoms with van der Waals surface area (Å²) in [7, 11) is 0. The Morgan fingerprint density at radius 3 is 2.67 bits per heavy atom. The lowest BCUT2D eigenvalue weighted by molar-refractivity contribution is -0.137. The number of ether oxygens (including phenoxy) is 2. The Kier molecular flexibility index (Phi) is 5.65. The summed E-state index contributed by atoms with van der Waals surface area (Å²) >= 11 is 0. The minimum Gasteiger partial charge on any atom is -0.463 e. The van der Waals surface area contributed by atoms with Crippen LogP contribution in [-0.4, -0.2) is 35.7 Å². The number of rotatable bonds is 3. The van der Waals surface area contributed by atoms with Crippen LogP contribution in [0.5, 0.6) is 0 Å². The first kappa shape index (κ1) is 18.0. The van der Waals surface area contributed by atoms with Gasteiger partial charge in [0.15, 0.2) is 0 Å². The van der Waals surface area contributed by atoms with E-state index in [0.29, 0.717) is 19.7 Å². The molecule has 0 radical (unpaired) electrons. The highest BCUT2D eigenvalue weighted by atomic mass is 16.6. The highest BCUT2D eigenvalue weighted by Crippen LogP contribution is 2.22. The van der Waals surface area contributed by atoms with E-state index in [-0.39, 0.29) is 12.1 Å². The number of nitrogens with zero attached hydrogens (tertiary/aromatic N) is 1. The summed E-state index contributed by atoms with van der Waals surface area (Å²) < 4.78 is 10.3. The average Bonchev–Trinajstić information content (AvgIpc) is 2.51. The smallest absolute Gasteiger partial charge is 0.410 e. The first-order valence-corrected chi connectivity index (χ1v) is 8.23. The minimum absolute atomic E-state index is 0.278. The molecule has 5 heteroatoms. The molecule has 0 unspecified atom stereocenters. The standard InChI is InChI=1S/C19H25NO4/c1-5-23-17(21)9-7-14-6-8-16-13-20(11-10-15(16)12-14)18(22)24-19(2,3)4/h6-9,12H,5,10-11,13H2,1-4H3. The summed E-state index contributed by atoms with van der Waals surface area (Å²) in [5.74, 6) is -0.341. The van der Waals surface area contributed by atoms with E-state index in [1.54, 1.807) is 17.9 Å². The second-order valence-electron chi connectivity index (χ2n) is 6.77. The second kappa shape index (κ2) is 7.51. The molecule has 0 N–H and O–H groups in total. The van der Waals surface area contributed by atoms with Crippen molar-refractivity contribution in [3.63, 3.8) is 0 Å². The number of hydrogen-bond donors (Lipinski definition) is 0. The molecule has 2 rings (SSSR count). The van der Waals surface area contributed by atoms with Crippen LogP contribution in [0.15, 0.2) is 24.3 Å². The van der Waals surface area contributed by atoms with E-state index in [9.17, 15) is 9.59 Å². The lowest BCUT2D eigenvalue weighted by Crippen LogP contribution is -2.39. The molecule has 0 bridgehead atoms. The molecule has 1 amide bonds. The molecule has 5 nitrogen and oxygen atoms in total. The fourth-order valence-electron chi connectivity index (χ4n) is 2.51. The zero-order chi connectivity index (χ0) is 17.7. The summed E-state index contributed by atoms with van der Waals surface area (Å²) in [5.41, 5.74) is 2.77. The number of esters is 1. The Labute approximate surface area is 143 Å². The van der Waals surface area contributed by atoms with Crippen LogP contribution in [0.3, 0.4) is 0 Å². The quantitative estimate of drug-likeness (QED) is 0.628. The molecule has 1 aromatic carbocycles. The molecule has 1 aromatic rings. The van der Waals surface area contributed by atoms with Crippen LogP contribution < -0.4 is 0 Å². The van der Waals surface area contributed by atoms with E-state index in [1.165, 1.54) is 11.6 Å². The predicted molar refractivity (Wildman–Crippen MR) is 92.5 cm³/mol. The molecule has 1 heterocycles. The third kappa shape index (κ3) is 5.11. The van der Waals surface area contributed by atoms with Gasteiger partial charge in [0.25, 0.3) is 0 Å². The van der Waals surface area contributed by atoms with E-state index in [2.05, 4.69) is 6.07 Å². The Hall–Kier alpha value is -2.30. The summed E-state index contributed by atoms with van der Waals surface area (Å²) in [6, 6.07) is 5.99. The maximum absolute atomic E-state index is 12.2. The molecule has 1 aliphatic heterocycles. The maximum atomic E-state index is 12.2. The monoisotopic (exact) mass is 331 g/mol. The molecule has 0 aromatic heterocycles. The molecule has 0 saturated heterocycles. The van der Waals surface area contributed by atoms with Gasteiger partial charge >= 0.3 is 12.1 Å². The van der Waals surface area contributed by atoms with Gasteiger partial charge in [0.1, 0.15) is 5.60 Å². The first-order chi connectivity index (χ1) is 11.3. The van der Waals surface area contributed by atoms with Crippen molar-refractivity contribution < 1.29 is 19.1 Å². The van der Waals surface area contributed by atoms with Gasteiger partial charge < -0.3 is 14.4 Å². The van der Waals surface area contributed by atoms with Gasteiger partial charge in [0.05, 0.1) is 6.61 Å². The number of fused-ring (bicyclic) bond motifs is 1. The van der Waals surface area contributed by atoms with E-state index in [0.717, 1.165) is 17.5 Å². The van der Waals surface area contributed by atoms with Crippen molar-refractivity contribution in [1.82, 2.24) is 4.90 Å². The van der Waals surface area contributed by atoms with Crippen molar-refractivity contribution in [3.8, 4) is 0 Å². The number of amides is 1. The average molecular weight is 331 g/mol. The molecule has 24 heavy (non-hydrogen) atoms. The minimum atomic E-state index is -0.487. The zero-order valence-corrected chi connectivity index (χ0v) is 14.8. The van der Waals surface area contributed by atoms with Crippen LogP contribution in [-0.2, 0) is 27.2 Å². The molecule has 0 spiro atoms. The van der Waals surface area contributed by atoms with Crippen LogP contribution in [0.2, 0.25) is 0 Å². The van der Waals surface area contributed by atoms with Gasteiger partial charge in [-0.15, -0.1) is 0 Å². The van der Waals surface area contributed by atoms with Crippen molar-refractivity contribution in [2.45, 2.75) is 46.3 Å². The predicted octanol–water partition coefficient (Wildman–Crippen LogP) is 3.56. The van der Waals surface area contributed by atoms with E-state index < -0.39 is 5.60 Å². The van der Waals surface area contributed by atoms with Crippen LogP contribution in [0.25, 0.3) is 6.08 Å². The molecule has 0 atom stereocenters. The van der Waals surface area contributed by atoms with Crippen LogP contribution >= 0.6 is 0 Å². The summed E-state index contributed by atoms with van der Waals surface area (Å²) in [4.78, 5) is 25.3. The number of carbonyl (C=O) groups excluding carboxylic acids is 2. The summed E-state index contributed by atoms with van der Waals surface area (Å²) in [6.45, 7) is 8.93. The Morgan fingerprint density at radius 2 is 2.00 bits per heavy atom.